The van der Waals surface area contributed by atoms with Crippen LogP contribution in [0.25, 0.3) is 5.76 Å². The number of hydrogen-bond donors (Lipinski definition) is 0. The summed E-state index contributed by atoms with van der Waals surface area (Å²) in [4.78, 5) is 11.7. The zero-order valence-corrected chi connectivity index (χ0v) is 7.13. The molecule has 0 amide bonds. The molecule has 72 valence electrons. The van der Waals surface area contributed by atoms with E-state index >= 15 is 0 Å². The number of hydrogen-bond acceptors (Lipinski definition) is 2. The Morgan fingerprint density at radius 2 is 2.36 bits per heavy atom. The molecule has 0 saturated carbocycles. The smallest absolute Gasteiger partial charge is 0.344 e. The largest absolute Gasteiger partial charge is 0.423 e. The van der Waals surface area contributed by atoms with E-state index in [1.165, 1.54) is 12.1 Å². The highest BCUT2D eigenvalue weighted by molar-refractivity contribution is 6.02. The summed E-state index contributed by atoms with van der Waals surface area (Å²) in [6.07, 6.45) is -6.50. The second-order valence-corrected chi connectivity index (χ2v) is 2.64. The lowest BCUT2D eigenvalue weighted by Crippen LogP contribution is -1.92. The lowest BCUT2D eigenvalue weighted by Gasteiger charge is -1.96. The van der Waals surface area contributed by atoms with E-state index in [0.717, 1.165) is 0 Å². The van der Waals surface area contributed by atoms with Crippen molar-refractivity contribution in [2.24, 2.45) is 0 Å². The van der Waals surface area contributed by atoms with Crippen molar-refractivity contribution in [1.29, 1.82) is 0 Å². The van der Waals surface area contributed by atoms with Crippen LogP contribution in [-0.4, -0.2) is 5.97 Å². The predicted octanol–water partition coefficient (Wildman–Crippen LogP) is 3.00. The van der Waals surface area contributed by atoms with Crippen LogP contribution in [-0.2, 0) is 4.74 Å². The Morgan fingerprint density at radius 3 is 3.14 bits per heavy atom. The third-order valence-electron chi connectivity index (χ3n) is 1.82. The standard InChI is InChI=1S/C12H12O2/c1-2-3-8-11-9-6-4-5-7-10(9)12(13)14-11/h4-8H,2-3H2,1H3/b11-8-/i1D3,2D2,3D2,8D. The van der Waals surface area contributed by atoms with E-state index in [4.69, 9.17) is 15.7 Å². The molecule has 0 radical (unpaired) electrons. The van der Waals surface area contributed by atoms with E-state index in [2.05, 4.69) is 0 Å². The molecule has 1 aromatic rings. The normalized spacial score (nSPS) is 29.0. The minimum absolute atomic E-state index is 0.118. The maximum absolute atomic E-state index is 11.7. The minimum atomic E-state index is -3.33. The van der Waals surface area contributed by atoms with Gasteiger partial charge in [-0.25, -0.2) is 4.79 Å². The molecule has 0 bridgehead atoms. The van der Waals surface area contributed by atoms with Gasteiger partial charge >= 0.3 is 5.97 Å². The number of cyclic esters (lactones) is 1. The topological polar surface area (TPSA) is 26.3 Å². The van der Waals surface area contributed by atoms with Gasteiger partial charge in [0.1, 0.15) is 5.76 Å². The number of allylic oxidation sites excluding steroid dienone is 1. The molecule has 1 aliphatic heterocycles. The van der Waals surface area contributed by atoms with Gasteiger partial charge in [0.2, 0.25) is 0 Å². The summed E-state index contributed by atoms with van der Waals surface area (Å²) in [7, 11) is 0. The Labute approximate surface area is 94.4 Å². The van der Waals surface area contributed by atoms with Crippen LogP contribution in [0.1, 0.15) is 46.5 Å². The predicted molar refractivity (Wildman–Crippen MR) is 54.7 cm³/mol. The summed E-state index contributed by atoms with van der Waals surface area (Å²) >= 11 is 0. The van der Waals surface area contributed by atoms with Crippen LogP contribution in [0.2, 0.25) is 0 Å². The fourth-order valence-corrected chi connectivity index (χ4v) is 1.24. The van der Waals surface area contributed by atoms with E-state index in [9.17, 15) is 4.79 Å². The van der Waals surface area contributed by atoms with E-state index in [1.807, 2.05) is 0 Å². The van der Waals surface area contributed by atoms with E-state index < -0.39 is 37.4 Å². The SMILES string of the molecule is [2H]/C(=C1/OC(=O)c2ccccc21)C([2H])([2H])C([2H])([2H])C([2H])([2H])[2H]. The van der Waals surface area contributed by atoms with Gasteiger partial charge < -0.3 is 4.74 Å². The van der Waals surface area contributed by atoms with Crippen LogP contribution < -0.4 is 0 Å². The molecule has 14 heavy (non-hydrogen) atoms. The zero-order chi connectivity index (χ0) is 16.9. The molecule has 1 heterocycles. The lowest BCUT2D eigenvalue weighted by molar-refractivity contribution is 0.0715. The fraction of sp³-hybridized carbons (Fsp3) is 0.250. The van der Waals surface area contributed by atoms with E-state index in [-0.39, 0.29) is 11.1 Å². The summed E-state index contributed by atoms with van der Waals surface area (Å²) in [6, 6.07) is 4.93. The summed E-state index contributed by atoms with van der Waals surface area (Å²) in [5, 5.41) is 0. The Morgan fingerprint density at radius 1 is 1.57 bits per heavy atom. The molecular formula is C12H12O2. The number of carbonyl (C=O) groups is 1. The molecular weight excluding hydrogens is 176 g/mol. The number of carbonyl (C=O) groups excluding carboxylic acids is 1. The van der Waals surface area contributed by atoms with Crippen molar-refractivity contribution < 1.29 is 20.5 Å². The molecule has 2 rings (SSSR count). The van der Waals surface area contributed by atoms with Gasteiger partial charge in [-0.1, -0.05) is 31.4 Å². The maximum atomic E-state index is 11.7. The second kappa shape index (κ2) is 3.66. The van der Waals surface area contributed by atoms with Gasteiger partial charge in [-0.05, 0) is 18.5 Å². The molecule has 2 nitrogen and oxygen atoms in total. The maximum Gasteiger partial charge on any atom is 0.344 e. The van der Waals surface area contributed by atoms with E-state index in [0.29, 0.717) is 0 Å². The Balaban J connectivity index is 2.61. The lowest BCUT2D eigenvalue weighted by atomic mass is 10.1. The highest BCUT2D eigenvalue weighted by Crippen LogP contribution is 2.29. The highest BCUT2D eigenvalue weighted by Gasteiger charge is 2.24. The van der Waals surface area contributed by atoms with Crippen molar-refractivity contribution in [1.82, 2.24) is 0 Å². The van der Waals surface area contributed by atoms with Crippen molar-refractivity contribution in [3.05, 3.63) is 41.4 Å². The summed E-state index contributed by atoms with van der Waals surface area (Å²) in [6.45, 7) is -3.29. The summed E-state index contributed by atoms with van der Waals surface area (Å²) in [5.41, 5.74) is 0.259. The van der Waals surface area contributed by atoms with Gasteiger partial charge in [0, 0.05) is 15.2 Å². The average molecular weight is 196 g/mol. The van der Waals surface area contributed by atoms with Crippen LogP contribution >= 0.6 is 0 Å². The molecule has 0 aromatic heterocycles. The zero-order valence-electron chi connectivity index (χ0n) is 15.1. The first-order chi connectivity index (χ1) is 9.91. The molecule has 0 N–H and O–H groups in total. The number of ether oxygens (including phenoxy) is 1. The van der Waals surface area contributed by atoms with Crippen molar-refractivity contribution in [2.45, 2.75) is 19.6 Å². The van der Waals surface area contributed by atoms with Gasteiger partial charge in [-0.2, -0.15) is 0 Å². The minimum Gasteiger partial charge on any atom is -0.423 e. The van der Waals surface area contributed by atoms with Gasteiger partial charge in [0.15, 0.2) is 0 Å². The van der Waals surface area contributed by atoms with Crippen molar-refractivity contribution in [2.75, 3.05) is 0 Å². The molecule has 1 aromatic carbocycles. The molecule has 0 atom stereocenters. The molecule has 2 heteroatoms. The number of esters is 1. The number of benzene rings is 1. The van der Waals surface area contributed by atoms with Gasteiger partial charge in [-0.15, -0.1) is 0 Å². The second-order valence-electron chi connectivity index (χ2n) is 2.64. The summed E-state index contributed by atoms with van der Waals surface area (Å²) < 4.78 is 64.7. The molecule has 0 aliphatic carbocycles. The molecule has 0 fully saturated rings. The number of fused-ring (bicyclic) bond motifs is 1. The summed E-state index contributed by atoms with van der Waals surface area (Å²) in [5.74, 6) is -1.25. The number of rotatable bonds is 2. The first-order valence-corrected chi connectivity index (χ1v) is 3.94. The first kappa shape index (κ1) is 3.54. The quantitative estimate of drug-likeness (QED) is 0.680. The van der Waals surface area contributed by atoms with Crippen molar-refractivity contribution in [3.63, 3.8) is 0 Å². The Hall–Kier alpha value is -1.57. The molecule has 0 saturated heterocycles. The van der Waals surface area contributed by atoms with E-state index in [1.54, 1.807) is 12.1 Å². The third-order valence-corrected chi connectivity index (χ3v) is 1.82. The first-order valence-electron chi connectivity index (χ1n) is 7.94. The van der Waals surface area contributed by atoms with Crippen LogP contribution in [0.5, 0.6) is 0 Å². The van der Waals surface area contributed by atoms with Crippen LogP contribution in [0.15, 0.2) is 30.3 Å². The average Bonchev–Trinajstić information content (AvgIpc) is 2.74. The third kappa shape index (κ3) is 1.43. The van der Waals surface area contributed by atoms with Crippen LogP contribution in [0.3, 0.4) is 0 Å². The molecule has 1 aliphatic rings. The fourth-order valence-electron chi connectivity index (χ4n) is 1.24. The van der Waals surface area contributed by atoms with Crippen LogP contribution in [0, 0.1) is 0 Å². The highest BCUT2D eigenvalue weighted by atomic mass is 16.5. The van der Waals surface area contributed by atoms with Gasteiger partial charge in [0.25, 0.3) is 0 Å². The van der Waals surface area contributed by atoms with Gasteiger partial charge in [-0.3, -0.25) is 0 Å². The Kier molecular flexibility index (Phi) is 0.925. The van der Waals surface area contributed by atoms with Crippen molar-refractivity contribution in [3.8, 4) is 0 Å². The Bertz CT molecular complexity index is 659. The monoisotopic (exact) mass is 196 g/mol. The molecule has 0 unspecified atom stereocenters. The van der Waals surface area contributed by atoms with Crippen LogP contribution in [0.4, 0.5) is 0 Å². The van der Waals surface area contributed by atoms with Gasteiger partial charge in [0.05, 0.1) is 6.93 Å². The molecule has 0 spiro atoms. The van der Waals surface area contributed by atoms with Crippen molar-refractivity contribution >= 4 is 11.7 Å².